The average Bonchev–Trinajstić information content (AvgIpc) is 2.70. The van der Waals surface area contributed by atoms with Crippen molar-refractivity contribution in [2.24, 2.45) is 16.5 Å². The molecule has 3 rings (SSSR count). The van der Waals surface area contributed by atoms with E-state index in [1.807, 2.05) is 21.9 Å². The molecule has 1 heterocycles. The van der Waals surface area contributed by atoms with Crippen LogP contribution in [0.1, 0.15) is 18.4 Å². The fraction of sp³-hybridized carbons (Fsp3) is 0.364. The molecule has 6 heteroatoms. The number of fused-ring (bicyclic) bond motifs is 1. The number of aliphatic imine (C=N–C) groups is 1. The molecule has 0 saturated carbocycles. The van der Waals surface area contributed by atoms with Gasteiger partial charge in [0.15, 0.2) is 5.96 Å². The molecule has 0 radical (unpaired) electrons. The van der Waals surface area contributed by atoms with E-state index >= 15 is 0 Å². The van der Waals surface area contributed by atoms with Crippen molar-refractivity contribution < 1.29 is 4.79 Å². The molecular weight excluding hydrogens is 350 g/mol. The summed E-state index contributed by atoms with van der Waals surface area (Å²) < 4.78 is 0. The molecule has 1 saturated heterocycles. The summed E-state index contributed by atoms with van der Waals surface area (Å²) in [6.07, 6.45) is 3.76. The van der Waals surface area contributed by atoms with Gasteiger partial charge in [-0.25, -0.2) is 0 Å². The van der Waals surface area contributed by atoms with Crippen molar-refractivity contribution in [2.75, 3.05) is 26.2 Å². The van der Waals surface area contributed by atoms with Crippen LogP contribution < -0.4 is 11.5 Å². The van der Waals surface area contributed by atoms with Crippen LogP contribution in [0.2, 0.25) is 0 Å². The predicted molar refractivity (Wildman–Crippen MR) is 114 cm³/mol. The van der Waals surface area contributed by atoms with E-state index in [-0.39, 0.29) is 17.9 Å². The van der Waals surface area contributed by atoms with Crippen LogP contribution in [0.5, 0.6) is 0 Å². The largest absolute Gasteiger partial charge is 0.370 e. The first-order valence-corrected chi connectivity index (χ1v) is 9.71. The first kappa shape index (κ1) is 19.6. The van der Waals surface area contributed by atoms with E-state index in [1.165, 1.54) is 22.5 Å². The average molecular weight is 379 g/mol. The third-order valence-corrected chi connectivity index (χ3v) is 5.23. The monoisotopic (exact) mass is 378 g/mol. The maximum Gasteiger partial charge on any atom is 0.245 e. The second-order valence-corrected chi connectivity index (χ2v) is 7.11. The summed E-state index contributed by atoms with van der Waals surface area (Å²) in [4.78, 5) is 20.8. The van der Waals surface area contributed by atoms with Gasteiger partial charge in [-0.1, -0.05) is 42.5 Å². The van der Waals surface area contributed by atoms with Gasteiger partial charge in [0, 0.05) is 26.2 Å². The fourth-order valence-electron chi connectivity index (χ4n) is 3.70. The van der Waals surface area contributed by atoms with Gasteiger partial charge in [0.25, 0.3) is 0 Å². The number of piperazine rings is 1. The van der Waals surface area contributed by atoms with Gasteiger partial charge in [0.05, 0.1) is 0 Å². The predicted octanol–water partition coefficient (Wildman–Crippen LogP) is 1.90. The molecule has 1 amide bonds. The molecule has 1 aliphatic rings. The smallest absolute Gasteiger partial charge is 0.245 e. The molecule has 28 heavy (non-hydrogen) atoms. The minimum atomic E-state index is -0.246. The maximum atomic E-state index is 13.0. The summed E-state index contributed by atoms with van der Waals surface area (Å²) in [5.74, 6) is 0.202. The van der Waals surface area contributed by atoms with E-state index in [2.05, 4.69) is 35.3 Å². The zero-order valence-corrected chi connectivity index (χ0v) is 16.1. The molecule has 0 bridgehead atoms. The summed E-state index contributed by atoms with van der Waals surface area (Å²) >= 11 is 0. The highest BCUT2D eigenvalue weighted by Crippen LogP contribution is 2.19. The van der Waals surface area contributed by atoms with Gasteiger partial charge in [0.2, 0.25) is 18.7 Å². The highest BCUT2D eigenvalue weighted by molar-refractivity contribution is 5.84. The number of carbonyl (C=O) groups excluding carboxylic acids is 1. The van der Waals surface area contributed by atoms with Crippen LogP contribution in [0.3, 0.4) is 0 Å². The Bertz CT molecular complexity index is 859. The van der Waals surface area contributed by atoms with E-state index in [0.29, 0.717) is 26.1 Å². The number of nitrogens with zero attached hydrogens (tertiary/aromatic N) is 3. The normalized spacial score (nSPS) is 17.0. The molecule has 0 unspecified atom stereocenters. The number of amides is 1. The zero-order chi connectivity index (χ0) is 19.9. The van der Waals surface area contributed by atoms with Crippen molar-refractivity contribution in [1.29, 1.82) is 0 Å². The number of benzene rings is 2. The lowest BCUT2D eigenvalue weighted by Gasteiger charge is -2.38. The molecule has 0 aliphatic carbocycles. The number of guanidine groups is 1. The standard InChI is InChI=1S/C22H28N5O/c1-2-26-14-15-27(21(28)20(26)8-5-12-25-22(23)24)13-11-17-9-10-18-6-3-4-7-19(18)16-17/h1-4,6-7,9-10,16,20H,5,8,11-15H2,(H4,23,24,25)/q+1/t20-/m0/s1. The van der Waals surface area contributed by atoms with E-state index in [0.717, 1.165) is 19.4 Å². The fourth-order valence-corrected chi connectivity index (χ4v) is 3.70. The Labute approximate surface area is 166 Å². The van der Waals surface area contributed by atoms with E-state index in [4.69, 9.17) is 18.0 Å². The third kappa shape index (κ3) is 4.78. The maximum absolute atomic E-state index is 13.0. The molecule has 4 N–H and O–H groups in total. The SMILES string of the molecule is [CH+]=CN1CCN(CCc2ccc3ccccc3c2)C(=O)[C@@H]1CCCN=C(N)N. The van der Waals surface area contributed by atoms with Crippen molar-refractivity contribution in [1.82, 2.24) is 9.80 Å². The molecule has 1 atom stereocenters. The summed E-state index contributed by atoms with van der Waals surface area (Å²) in [6, 6.07) is 14.6. The number of nitrogens with two attached hydrogens (primary N) is 2. The van der Waals surface area contributed by atoms with Crippen LogP contribution in [0.4, 0.5) is 0 Å². The van der Waals surface area contributed by atoms with Crippen molar-refractivity contribution in [3.8, 4) is 0 Å². The topological polar surface area (TPSA) is 87.9 Å². The Morgan fingerprint density at radius 1 is 1.18 bits per heavy atom. The third-order valence-electron chi connectivity index (χ3n) is 5.23. The summed E-state index contributed by atoms with van der Waals surface area (Å²) in [6.45, 7) is 8.39. The van der Waals surface area contributed by atoms with E-state index in [9.17, 15) is 4.79 Å². The van der Waals surface area contributed by atoms with Crippen molar-refractivity contribution in [3.63, 3.8) is 0 Å². The zero-order valence-electron chi connectivity index (χ0n) is 16.1. The van der Waals surface area contributed by atoms with Crippen LogP contribution in [0.25, 0.3) is 10.8 Å². The quantitative estimate of drug-likeness (QED) is 0.318. The second kappa shape index (κ2) is 9.20. The molecular formula is C22H28N5O+. The van der Waals surface area contributed by atoms with Gasteiger partial charge in [-0.05, 0) is 35.6 Å². The Morgan fingerprint density at radius 2 is 1.96 bits per heavy atom. The van der Waals surface area contributed by atoms with Crippen LogP contribution in [-0.2, 0) is 11.2 Å². The molecule has 6 nitrogen and oxygen atoms in total. The van der Waals surface area contributed by atoms with Gasteiger partial charge in [-0.3, -0.25) is 9.79 Å². The summed E-state index contributed by atoms with van der Waals surface area (Å²) in [5, 5.41) is 2.46. The van der Waals surface area contributed by atoms with Gasteiger partial charge in [-0.15, -0.1) is 0 Å². The Kier molecular flexibility index (Phi) is 6.45. The lowest BCUT2D eigenvalue weighted by Crippen LogP contribution is -2.55. The Hall–Kier alpha value is -3.11. The molecule has 2 aromatic rings. The Morgan fingerprint density at radius 3 is 2.71 bits per heavy atom. The second-order valence-electron chi connectivity index (χ2n) is 7.11. The van der Waals surface area contributed by atoms with Crippen LogP contribution in [0.15, 0.2) is 53.7 Å². The summed E-state index contributed by atoms with van der Waals surface area (Å²) in [5.41, 5.74) is 12.0. The molecule has 146 valence electrons. The van der Waals surface area contributed by atoms with Gasteiger partial charge in [0.1, 0.15) is 6.04 Å². The van der Waals surface area contributed by atoms with Crippen molar-refractivity contribution >= 4 is 22.6 Å². The highest BCUT2D eigenvalue weighted by atomic mass is 16.2. The van der Waals surface area contributed by atoms with Crippen LogP contribution in [0, 0.1) is 6.58 Å². The van der Waals surface area contributed by atoms with Crippen LogP contribution in [-0.4, -0.2) is 53.9 Å². The first-order valence-electron chi connectivity index (χ1n) is 9.71. The Balaban J connectivity index is 1.60. The number of hydrogen-bond acceptors (Lipinski definition) is 3. The molecule has 2 aromatic carbocycles. The number of carbonyl (C=O) groups is 1. The number of rotatable bonds is 8. The summed E-state index contributed by atoms with van der Waals surface area (Å²) in [7, 11) is 0. The lowest BCUT2D eigenvalue weighted by atomic mass is 10.0. The van der Waals surface area contributed by atoms with Gasteiger partial charge < -0.3 is 21.3 Å². The van der Waals surface area contributed by atoms with Gasteiger partial charge >= 0.3 is 0 Å². The molecule has 1 aliphatic heterocycles. The molecule has 1 fully saturated rings. The van der Waals surface area contributed by atoms with E-state index in [1.54, 1.807) is 0 Å². The van der Waals surface area contributed by atoms with Crippen molar-refractivity contribution in [3.05, 3.63) is 60.8 Å². The minimum Gasteiger partial charge on any atom is -0.370 e. The number of hydrogen-bond donors (Lipinski definition) is 2. The highest BCUT2D eigenvalue weighted by Gasteiger charge is 2.33. The van der Waals surface area contributed by atoms with Crippen LogP contribution >= 0.6 is 0 Å². The van der Waals surface area contributed by atoms with Gasteiger partial charge in [-0.2, -0.15) is 0 Å². The van der Waals surface area contributed by atoms with E-state index < -0.39 is 0 Å². The van der Waals surface area contributed by atoms with Crippen molar-refractivity contribution in [2.45, 2.75) is 25.3 Å². The molecule has 0 aromatic heterocycles. The first-order chi connectivity index (χ1) is 13.6. The molecule has 0 spiro atoms. The lowest BCUT2D eigenvalue weighted by molar-refractivity contribution is -0.140. The minimum absolute atomic E-state index is 0.0780.